The highest BCUT2D eigenvalue weighted by atomic mass is 16.7. The fraction of sp³-hybridized carbons (Fsp3) is 0.200. The van der Waals surface area contributed by atoms with Crippen molar-refractivity contribution < 1.29 is 28.8 Å². The number of carbonyl (C=O) groups excluding carboxylic acids is 2. The first-order chi connectivity index (χ1) is 17.0. The second-order valence-electron chi connectivity index (χ2n) is 8.03. The fourth-order valence-electron chi connectivity index (χ4n) is 4.64. The third kappa shape index (κ3) is 3.55. The number of nitro groups is 1. The number of anilines is 2. The molecule has 3 aromatic rings. The number of nitrogens with zero attached hydrogens (tertiary/aromatic N) is 3. The van der Waals surface area contributed by atoms with Gasteiger partial charge in [-0.05, 0) is 30.3 Å². The summed E-state index contributed by atoms with van der Waals surface area (Å²) in [4.78, 5) is 45.8. The Hall–Kier alpha value is -4.44. The van der Waals surface area contributed by atoms with Crippen LogP contribution in [0, 0.1) is 16.0 Å². The highest BCUT2D eigenvalue weighted by Crippen LogP contribution is 2.51. The summed E-state index contributed by atoms with van der Waals surface area (Å²) in [6.45, 7) is 0. The molecule has 10 heteroatoms. The molecule has 0 bridgehead atoms. The van der Waals surface area contributed by atoms with Crippen molar-refractivity contribution in [1.29, 1.82) is 0 Å². The Kier molecular flexibility index (Phi) is 5.58. The highest BCUT2D eigenvalue weighted by molar-refractivity contribution is 6.24. The van der Waals surface area contributed by atoms with Gasteiger partial charge in [-0.15, -0.1) is 0 Å². The predicted molar refractivity (Wildman–Crippen MR) is 125 cm³/mol. The molecule has 0 aliphatic carbocycles. The number of fused-ring (bicyclic) bond motifs is 1. The van der Waals surface area contributed by atoms with Gasteiger partial charge in [0, 0.05) is 0 Å². The molecule has 0 radical (unpaired) electrons. The molecule has 3 aromatic carbocycles. The molecule has 2 heterocycles. The van der Waals surface area contributed by atoms with Gasteiger partial charge in [0.15, 0.2) is 17.6 Å². The lowest BCUT2D eigenvalue weighted by Gasteiger charge is -2.28. The van der Waals surface area contributed by atoms with Crippen LogP contribution < -0.4 is 19.4 Å². The monoisotopic (exact) mass is 475 g/mol. The molecular formula is C25H21N3O7. The molecular weight excluding hydrogens is 454 g/mol. The van der Waals surface area contributed by atoms with Crippen LogP contribution in [0.3, 0.4) is 0 Å². The van der Waals surface area contributed by atoms with E-state index in [1.807, 2.05) is 6.07 Å². The van der Waals surface area contributed by atoms with Gasteiger partial charge < -0.3 is 9.47 Å². The Bertz CT molecular complexity index is 1300. The molecule has 2 fully saturated rings. The topological polar surface area (TPSA) is 111 Å². The quantitative estimate of drug-likeness (QED) is 0.302. The second-order valence-corrected chi connectivity index (χ2v) is 8.03. The first-order valence-electron chi connectivity index (χ1n) is 10.8. The molecule has 0 aromatic heterocycles. The van der Waals surface area contributed by atoms with E-state index in [9.17, 15) is 19.7 Å². The number of methoxy groups -OCH3 is 2. The largest absolute Gasteiger partial charge is 0.493 e. The average molecular weight is 475 g/mol. The minimum atomic E-state index is -1.15. The first-order valence-corrected chi connectivity index (χ1v) is 10.8. The van der Waals surface area contributed by atoms with Gasteiger partial charge in [0.25, 0.3) is 11.6 Å². The standard InChI is InChI=1S/C25H21N3O7/c1-33-19-13-17(18(28(31)32)14-20(19)34-2)22-21-23(35-27(22)16-11-7-4-8-12-16)25(30)26(24(21)29)15-9-5-3-6-10-15/h3-14,21-23H,1-2H3/t21-,22-,23+/m1/s1. The van der Waals surface area contributed by atoms with Crippen LogP contribution in [0.25, 0.3) is 0 Å². The van der Waals surface area contributed by atoms with Gasteiger partial charge in [-0.1, -0.05) is 36.4 Å². The van der Waals surface area contributed by atoms with Crippen LogP contribution in [-0.2, 0) is 14.4 Å². The number of hydroxylamine groups is 1. The molecule has 3 atom stereocenters. The molecule has 35 heavy (non-hydrogen) atoms. The third-order valence-electron chi connectivity index (χ3n) is 6.19. The van der Waals surface area contributed by atoms with E-state index >= 15 is 0 Å². The Labute approximate surface area is 200 Å². The van der Waals surface area contributed by atoms with Crippen LogP contribution >= 0.6 is 0 Å². The summed E-state index contributed by atoms with van der Waals surface area (Å²) < 4.78 is 10.6. The second kappa shape index (κ2) is 8.73. The lowest BCUT2D eigenvalue weighted by Crippen LogP contribution is -2.37. The number of imide groups is 1. The summed E-state index contributed by atoms with van der Waals surface area (Å²) >= 11 is 0. The Morgan fingerprint density at radius 2 is 1.43 bits per heavy atom. The van der Waals surface area contributed by atoms with Gasteiger partial charge in [0.05, 0.1) is 42.1 Å². The van der Waals surface area contributed by atoms with Crippen LogP contribution in [0.1, 0.15) is 11.6 Å². The van der Waals surface area contributed by atoms with Crippen LogP contribution in [0.4, 0.5) is 17.1 Å². The summed E-state index contributed by atoms with van der Waals surface area (Å²) in [5.41, 5.74) is 0.839. The van der Waals surface area contributed by atoms with Gasteiger partial charge in [0.1, 0.15) is 12.0 Å². The molecule has 178 valence electrons. The van der Waals surface area contributed by atoms with Crippen molar-refractivity contribution in [2.45, 2.75) is 12.1 Å². The van der Waals surface area contributed by atoms with E-state index in [2.05, 4.69) is 0 Å². The number of amides is 2. The number of ether oxygens (including phenoxy) is 2. The summed E-state index contributed by atoms with van der Waals surface area (Å²) in [5.74, 6) is -1.64. The van der Waals surface area contributed by atoms with Gasteiger partial charge >= 0.3 is 0 Å². The van der Waals surface area contributed by atoms with Gasteiger partial charge in [-0.25, -0.2) is 9.96 Å². The van der Waals surface area contributed by atoms with E-state index in [4.69, 9.17) is 14.3 Å². The lowest BCUT2D eigenvalue weighted by atomic mass is 9.89. The predicted octanol–water partition coefficient (Wildman–Crippen LogP) is 3.66. The number of benzene rings is 3. The van der Waals surface area contributed by atoms with Crippen molar-refractivity contribution in [3.63, 3.8) is 0 Å². The zero-order valence-electron chi connectivity index (χ0n) is 18.9. The van der Waals surface area contributed by atoms with Gasteiger partial charge in [-0.2, -0.15) is 0 Å². The summed E-state index contributed by atoms with van der Waals surface area (Å²) in [5, 5.41) is 13.5. The van der Waals surface area contributed by atoms with Crippen LogP contribution in [-0.4, -0.2) is 37.1 Å². The SMILES string of the molecule is COc1cc([C@@H]2[C@H]3C(=O)N(c4ccccc4)C(=O)[C@H]3ON2c2ccccc2)c([N+](=O)[O-])cc1OC. The fourth-order valence-corrected chi connectivity index (χ4v) is 4.64. The van der Waals surface area contributed by atoms with E-state index < -0.39 is 34.8 Å². The molecule has 0 unspecified atom stereocenters. The Morgan fingerprint density at radius 1 is 0.857 bits per heavy atom. The smallest absolute Gasteiger partial charge is 0.278 e. The number of nitro benzene ring substituents is 1. The zero-order valence-corrected chi connectivity index (χ0v) is 18.9. The maximum absolute atomic E-state index is 13.7. The highest BCUT2D eigenvalue weighted by Gasteiger charge is 2.61. The van der Waals surface area contributed by atoms with E-state index in [0.29, 0.717) is 11.4 Å². The minimum Gasteiger partial charge on any atom is -0.493 e. The van der Waals surface area contributed by atoms with E-state index in [1.54, 1.807) is 54.6 Å². The van der Waals surface area contributed by atoms with Crippen LogP contribution in [0.5, 0.6) is 11.5 Å². The number of para-hydroxylation sites is 2. The van der Waals surface area contributed by atoms with Crippen molar-refractivity contribution in [2.24, 2.45) is 5.92 Å². The van der Waals surface area contributed by atoms with E-state index in [-0.39, 0.29) is 22.7 Å². The Balaban J connectivity index is 1.69. The summed E-state index contributed by atoms with van der Waals surface area (Å²) in [6, 6.07) is 19.1. The normalized spacial score (nSPS) is 21.3. The number of hydrogen-bond acceptors (Lipinski definition) is 8. The minimum absolute atomic E-state index is 0.167. The van der Waals surface area contributed by atoms with Crippen molar-refractivity contribution in [2.75, 3.05) is 24.2 Å². The molecule has 2 aliphatic heterocycles. The third-order valence-corrected chi connectivity index (χ3v) is 6.19. The molecule has 10 nitrogen and oxygen atoms in total. The molecule has 2 amide bonds. The van der Waals surface area contributed by atoms with Crippen molar-refractivity contribution in [1.82, 2.24) is 0 Å². The molecule has 0 saturated carbocycles. The summed E-state index contributed by atoms with van der Waals surface area (Å²) in [6.07, 6.45) is -1.15. The van der Waals surface area contributed by atoms with Gasteiger partial charge in [-0.3, -0.25) is 24.5 Å². The number of rotatable bonds is 6. The maximum Gasteiger partial charge on any atom is 0.278 e. The van der Waals surface area contributed by atoms with Gasteiger partial charge in [0.2, 0.25) is 5.91 Å². The first kappa shape index (κ1) is 22.4. The van der Waals surface area contributed by atoms with Crippen molar-refractivity contribution in [3.05, 3.63) is 88.5 Å². The van der Waals surface area contributed by atoms with Crippen LogP contribution in [0.15, 0.2) is 72.8 Å². The molecule has 0 N–H and O–H groups in total. The summed E-state index contributed by atoms with van der Waals surface area (Å²) in [7, 11) is 2.79. The lowest BCUT2D eigenvalue weighted by molar-refractivity contribution is -0.385. The Morgan fingerprint density at radius 3 is 2.00 bits per heavy atom. The number of hydrogen-bond donors (Lipinski definition) is 0. The molecule has 5 rings (SSSR count). The van der Waals surface area contributed by atoms with Crippen molar-refractivity contribution in [3.8, 4) is 11.5 Å². The van der Waals surface area contributed by atoms with Crippen LogP contribution in [0.2, 0.25) is 0 Å². The molecule has 2 aliphatic rings. The van der Waals surface area contributed by atoms with E-state index in [0.717, 1.165) is 4.90 Å². The molecule has 0 spiro atoms. The van der Waals surface area contributed by atoms with Crippen molar-refractivity contribution >= 4 is 28.9 Å². The average Bonchev–Trinajstić information content (AvgIpc) is 3.39. The van der Waals surface area contributed by atoms with E-state index in [1.165, 1.54) is 31.4 Å². The molecule has 2 saturated heterocycles. The maximum atomic E-state index is 13.7. The number of carbonyl (C=O) groups is 2. The zero-order chi connectivity index (χ0) is 24.7.